The Morgan fingerprint density at radius 1 is 1.37 bits per heavy atom. The average Bonchev–Trinajstić information content (AvgIpc) is 2.47. The van der Waals surface area contributed by atoms with Crippen LogP contribution in [-0.4, -0.2) is 35.0 Å². The smallest absolute Gasteiger partial charge is 0.240 e. The fraction of sp³-hybridized carbons (Fsp3) is 0.533. The number of hydrogen-bond acceptors (Lipinski definition) is 3. The third kappa shape index (κ3) is 2.45. The first-order valence-electron chi connectivity index (χ1n) is 7.07. The number of nitrogens with one attached hydrogen (secondary N) is 1. The van der Waals surface area contributed by atoms with Crippen LogP contribution in [-0.2, 0) is 17.8 Å². The van der Waals surface area contributed by atoms with Crippen molar-refractivity contribution in [1.29, 1.82) is 0 Å². The van der Waals surface area contributed by atoms with E-state index in [0.717, 1.165) is 36.9 Å². The van der Waals surface area contributed by atoms with Crippen molar-refractivity contribution in [2.75, 3.05) is 13.1 Å². The molecule has 102 valence electrons. The van der Waals surface area contributed by atoms with Crippen molar-refractivity contribution >= 4 is 5.91 Å². The lowest BCUT2D eigenvalue weighted by molar-refractivity contribution is -0.135. The van der Waals surface area contributed by atoms with Gasteiger partial charge in [-0.2, -0.15) is 0 Å². The molecular formula is C15H20N2O2. The van der Waals surface area contributed by atoms with Crippen molar-refractivity contribution in [1.82, 2.24) is 10.2 Å². The number of carbonyl (C=O) groups excluding carboxylic acids is 1. The normalized spacial score (nSPS) is 22.9. The van der Waals surface area contributed by atoms with Crippen molar-refractivity contribution in [3.63, 3.8) is 0 Å². The molecule has 2 aliphatic heterocycles. The highest BCUT2D eigenvalue weighted by Crippen LogP contribution is 2.27. The van der Waals surface area contributed by atoms with Crippen LogP contribution in [0.4, 0.5) is 0 Å². The van der Waals surface area contributed by atoms with Gasteiger partial charge in [-0.3, -0.25) is 4.79 Å². The van der Waals surface area contributed by atoms with E-state index in [-0.39, 0.29) is 11.9 Å². The number of piperidine rings is 1. The van der Waals surface area contributed by atoms with Crippen LogP contribution in [0.1, 0.15) is 30.4 Å². The lowest BCUT2D eigenvalue weighted by Gasteiger charge is -2.33. The summed E-state index contributed by atoms with van der Waals surface area (Å²) in [5, 5.41) is 13.1. The molecular weight excluding hydrogens is 240 g/mol. The molecule has 1 saturated heterocycles. The number of carbonyl (C=O) groups is 1. The molecule has 19 heavy (non-hydrogen) atoms. The minimum absolute atomic E-state index is 0.00684. The number of aromatic hydroxyl groups is 1. The monoisotopic (exact) mass is 260 g/mol. The maximum absolute atomic E-state index is 12.4. The van der Waals surface area contributed by atoms with E-state index in [2.05, 4.69) is 5.32 Å². The Bertz CT molecular complexity index is 481. The van der Waals surface area contributed by atoms with Gasteiger partial charge in [0.15, 0.2) is 0 Å². The highest BCUT2D eigenvalue weighted by molar-refractivity contribution is 5.82. The Morgan fingerprint density at radius 2 is 2.26 bits per heavy atom. The second-order valence-electron chi connectivity index (χ2n) is 5.43. The van der Waals surface area contributed by atoms with Gasteiger partial charge in [-0.25, -0.2) is 0 Å². The number of fused-ring (bicyclic) bond motifs is 1. The first-order chi connectivity index (χ1) is 9.25. The highest BCUT2D eigenvalue weighted by Gasteiger charge is 2.28. The predicted molar refractivity (Wildman–Crippen MR) is 72.9 cm³/mol. The van der Waals surface area contributed by atoms with Crippen molar-refractivity contribution in [3.05, 3.63) is 29.3 Å². The zero-order valence-electron chi connectivity index (χ0n) is 11.1. The van der Waals surface area contributed by atoms with E-state index in [0.29, 0.717) is 18.8 Å². The van der Waals surface area contributed by atoms with Gasteiger partial charge < -0.3 is 15.3 Å². The summed E-state index contributed by atoms with van der Waals surface area (Å²) < 4.78 is 0. The molecule has 2 aliphatic rings. The fourth-order valence-corrected chi connectivity index (χ4v) is 3.06. The van der Waals surface area contributed by atoms with E-state index in [1.54, 1.807) is 6.07 Å². The van der Waals surface area contributed by atoms with E-state index in [4.69, 9.17) is 0 Å². The van der Waals surface area contributed by atoms with Gasteiger partial charge in [-0.05, 0) is 37.4 Å². The maximum atomic E-state index is 12.4. The van der Waals surface area contributed by atoms with Gasteiger partial charge in [0.05, 0.1) is 6.04 Å². The summed E-state index contributed by atoms with van der Waals surface area (Å²) in [6.07, 6.45) is 4.00. The summed E-state index contributed by atoms with van der Waals surface area (Å²) in [4.78, 5) is 14.4. The molecule has 1 aromatic rings. The molecule has 4 heteroatoms. The summed E-state index contributed by atoms with van der Waals surface area (Å²) in [6.45, 7) is 2.28. The molecule has 0 spiro atoms. The zero-order valence-corrected chi connectivity index (χ0v) is 11.1. The van der Waals surface area contributed by atoms with Crippen molar-refractivity contribution < 1.29 is 9.90 Å². The number of rotatable bonds is 1. The zero-order chi connectivity index (χ0) is 13.2. The Kier molecular flexibility index (Phi) is 3.42. The van der Waals surface area contributed by atoms with Gasteiger partial charge >= 0.3 is 0 Å². The molecule has 0 aliphatic carbocycles. The summed E-state index contributed by atoms with van der Waals surface area (Å²) >= 11 is 0. The predicted octanol–water partition coefficient (Wildman–Crippen LogP) is 1.42. The first-order valence-corrected chi connectivity index (χ1v) is 7.07. The number of phenolic OH excluding ortho intramolecular Hbond substituents is 1. The summed E-state index contributed by atoms with van der Waals surface area (Å²) in [6, 6.07) is 5.57. The van der Waals surface area contributed by atoms with Gasteiger partial charge in [-0.1, -0.05) is 18.6 Å². The average molecular weight is 260 g/mol. The minimum atomic E-state index is -0.00684. The Labute approximate surface area is 113 Å². The second kappa shape index (κ2) is 5.21. The van der Waals surface area contributed by atoms with Crippen molar-refractivity contribution in [2.24, 2.45) is 0 Å². The van der Waals surface area contributed by atoms with Gasteiger partial charge in [-0.15, -0.1) is 0 Å². The SMILES string of the molecule is O=C([C@@H]1CCCCN1)N1CCc2c(O)cccc2C1. The maximum Gasteiger partial charge on any atom is 0.240 e. The number of hydrogen-bond donors (Lipinski definition) is 2. The minimum Gasteiger partial charge on any atom is -0.508 e. The molecule has 1 aromatic carbocycles. The second-order valence-corrected chi connectivity index (χ2v) is 5.43. The third-order valence-electron chi connectivity index (χ3n) is 4.16. The number of phenols is 1. The number of benzene rings is 1. The molecule has 4 nitrogen and oxygen atoms in total. The van der Waals surface area contributed by atoms with E-state index in [1.165, 1.54) is 6.42 Å². The van der Waals surface area contributed by atoms with E-state index in [1.807, 2.05) is 17.0 Å². The molecule has 1 fully saturated rings. The molecule has 0 saturated carbocycles. The van der Waals surface area contributed by atoms with Gasteiger partial charge in [0.1, 0.15) is 5.75 Å². The summed E-state index contributed by atoms with van der Waals surface area (Å²) in [5.41, 5.74) is 2.08. The van der Waals surface area contributed by atoms with Crippen LogP contribution >= 0.6 is 0 Å². The molecule has 0 unspecified atom stereocenters. The molecule has 0 radical (unpaired) electrons. The summed E-state index contributed by atoms with van der Waals surface area (Å²) in [5.74, 6) is 0.578. The van der Waals surface area contributed by atoms with E-state index >= 15 is 0 Å². The topological polar surface area (TPSA) is 52.6 Å². The quantitative estimate of drug-likeness (QED) is 0.803. The van der Waals surface area contributed by atoms with Crippen molar-refractivity contribution in [3.8, 4) is 5.75 Å². The molecule has 0 bridgehead atoms. The van der Waals surface area contributed by atoms with Gasteiger partial charge in [0.2, 0.25) is 5.91 Å². The van der Waals surface area contributed by atoms with Crippen LogP contribution in [0.3, 0.4) is 0 Å². The lowest BCUT2D eigenvalue weighted by atomic mass is 9.97. The number of amides is 1. The van der Waals surface area contributed by atoms with Gasteiger partial charge in [0.25, 0.3) is 0 Å². The van der Waals surface area contributed by atoms with Crippen molar-refractivity contribution in [2.45, 2.75) is 38.3 Å². The summed E-state index contributed by atoms with van der Waals surface area (Å²) in [7, 11) is 0. The van der Waals surface area contributed by atoms with Crippen LogP contribution < -0.4 is 5.32 Å². The fourth-order valence-electron chi connectivity index (χ4n) is 3.06. The Balaban J connectivity index is 1.73. The largest absolute Gasteiger partial charge is 0.508 e. The van der Waals surface area contributed by atoms with Crippen LogP contribution in [0.25, 0.3) is 0 Å². The molecule has 3 rings (SSSR count). The van der Waals surface area contributed by atoms with Crippen LogP contribution in [0, 0.1) is 0 Å². The van der Waals surface area contributed by atoms with Crippen LogP contribution in [0.15, 0.2) is 18.2 Å². The lowest BCUT2D eigenvalue weighted by Crippen LogP contribution is -2.49. The molecule has 2 heterocycles. The number of nitrogens with zero attached hydrogens (tertiary/aromatic N) is 1. The Hall–Kier alpha value is -1.55. The van der Waals surface area contributed by atoms with Crippen LogP contribution in [0.5, 0.6) is 5.75 Å². The Morgan fingerprint density at radius 3 is 3.05 bits per heavy atom. The molecule has 1 amide bonds. The van der Waals surface area contributed by atoms with Crippen LogP contribution in [0.2, 0.25) is 0 Å². The molecule has 1 atom stereocenters. The third-order valence-corrected chi connectivity index (χ3v) is 4.16. The highest BCUT2D eigenvalue weighted by atomic mass is 16.3. The molecule has 0 aromatic heterocycles. The standard InChI is InChI=1S/C15H20N2O2/c18-14-6-3-4-11-10-17(9-7-12(11)14)15(19)13-5-1-2-8-16-13/h3-4,6,13,16,18H,1-2,5,7-10H2/t13-/m0/s1. The van der Waals surface area contributed by atoms with E-state index < -0.39 is 0 Å². The van der Waals surface area contributed by atoms with Gasteiger partial charge in [0, 0.05) is 18.7 Å². The molecule has 2 N–H and O–H groups in total. The first kappa shape index (κ1) is 12.5. The van der Waals surface area contributed by atoms with E-state index in [9.17, 15) is 9.90 Å².